The molecule has 0 saturated carbocycles. The Labute approximate surface area is 184 Å². The molecule has 0 heterocycles. The Kier molecular flexibility index (Phi) is 8.05. The van der Waals surface area contributed by atoms with Crippen molar-refractivity contribution in [1.29, 1.82) is 0 Å². The number of fused-ring (bicyclic) bond motifs is 1. The van der Waals surface area contributed by atoms with Gasteiger partial charge >= 0.3 is 0 Å². The maximum absolute atomic E-state index is 15.2. The number of rotatable bonds is 9. The molecular weight excluding hydrogens is 391 g/mol. The van der Waals surface area contributed by atoms with E-state index in [-0.39, 0.29) is 17.3 Å². The van der Waals surface area contributed by atoms with Gasteiger partial charge in [-0.1, -0.05) is 31.2 Å². The first-order chi connectivity index (χ1) is 15.1. The van der Waals surface area contributed by atoms with Gasteiger partial charge in [-0.3, -0.25) is 4.79 Å². The second-order valence-corrected chi connectivity index (χ2v) is 7.85. The molecular formula is C27H31FO3. The molecule has 0 radical (unpaired) electrons. The van der Waals surface area contributed by atoms with Crippen LogP contribution in [0.1, 0.15) is 72.9 Å². The summed E-state index contributed by atoms with van der Waals surface area (Å²) in [4.78, 5) is 13.7. The molecule has 31 heavy (non-hydrogen) atoms. The number of carbonyl (C=O) groups excluding carboxylic acids is 1. The molecule has 2 aromatic rings. The van der Waals surface area contributed by atoms with Crippen LogP contribution in [0.5, 0.6) is 11.5 Å². The minimum Gasteiger partial charge on any atom is -0.497 e. The number of carbonyl (C=O) groups is 1. The predicted molar refractivity (Wildman–Crippen MR) is 124 cm³/mol. The summed E-state index contributed by atoms with van der Waals surface area (Å²) in [6.45, 7) is 6.37. The zero-order valence-electron chi connectivity index (χ0n) is 18.5. The Hall–Kier alpha value is -2.88. The Morgan fingerprint density at radius 2 is 1.97 bits per heavy atom. The van der Waals surface area contributed by atoms with Crippen LogP contribution in [0.2, 0.25) is 0 Å². The summed E-state index contributed by atoms with van der Waals surface area (Å²) < 4.78 is 26.4. The third kappa shape index (κ3) is 5.25. The van der Waals surface area contributed by atoms with Gasteiger partial charge in [0, 0.05) is 11.1 Å². The zero-order valence-corrected chi connectivity index (χ0v) is 18.5. The van der Waals surface area contributed by atoms with Crippen molar-refractivity contribution in [2.45, 2.75) is 51.4 Å². The number of Topliss-reactive ketones (excluding diaryl/α,β-unsaturated/α-hetero) is 1. The van der Waals surface area contributed by atoms with Crippen LogP contribution in [0.25, 0.3) is 5.57 Å². The van der Waals surface area contributed by atoms with Gasteiger partial charge in [0.05, 0.1) is 19.3 Å². The van der Waals surface area contributed by atoms with E-state index >= 15 is 4.39 Å². The highest BCUT2D eigenvalue weighted by Gasteiger charge is 2.30. The van der Waals surface area contributed by atoms with Crippen LogP contribution in [0.4, 0.5) is 4.39 Å². The fraction of sp³-hybridized carbons (Fsp3) is 0.370. The number of ketones is 1. The number of halogens is 1. The fourth-order valence-corrected chi connectivity index (χ4v) is 4.17. The van der Waals surface area contributed by atoms with E-state index < -0.39 is 5.82 Å². The van der Waals surface area contributed by atoms with E-state index in [0.717, 1.165) is 49.7 Å². The Bertz CT molecular complexity index is 944. The lowest BCUT2D eigenvalue weighted by atomic mass is 9.80. The first-order valence-electron chi connectivity index (χ1n) is 11.1. The van der Waals surface area contributed by atoms with Crippen LogP contribution < -0.4 is 9.47 Å². The van der Waals surface area contributed by atoms with E-state index in [2.05, 4.69) is 6.58 Å². The average Bonchev–Trinajstić information content (AvgIpc) is 2.78. The highest BCUT2D eigenvalue weighted by Crippen LogP contribution is 2.41. The molecule has 0 fully saturated rings. The topological polar surface area (TPSA) is 35.5 Å². The summed E-state index contributed by atoms with van der Waals surface area (Å²) >= 11 is 0. The summed E-state index contributed by atoms with van der Waals surface area (Å²) in [5.41, 5.74) is 2.17. The highest BCUT2D eigenvalue weighted by molar-refractivity contribution is 6.29. The molecule has 2 aromatic carbocycles. The number of hydrogen-bond acceptors (Lipinski definition) is 3. The second-order valence-electron chi connectivity index (χ2n) is 7.85. The maximum Gasteiger partial charge on any atom is 0.196 e. The molecule has 4 heteroatoms. The van der Waals surface area contributed by atoms with E-state index in [9.17, 15) is 4.79 Å². The van der Waals surface area contributed by atoms with Crippen molar-refractivity contribution >= 4 is 11.4 Å². The summed E-state index contributed by atoms with van der Waals surface area (Å²) in [5.74, 6) is 0.639. The van der Waals surface area contributed by atoms with Crippen molar-refractivity contribution in [3.8, 4) is 11.5 Å². The normalized spacial score (nSPS) is 16.0. The van der Waals surface area contributed by atoms with Gasteiger partial charge in [0.25, 0.3) is 0 Å². The molecule has 1 unspecified atom stereocenters. The molecule has 0 amide bonds. The van der Waals surface area contributed by atoms with Gasteiger partial charge in [0.1, 0.15) is 17.3 Å². The number of unbranched alkanes of at least 4 members (excludes halogenated alkanes) is 1. The molecule has 1 aliphatic rings. The predicted octanol–water partition coefficient (Wildman–Crippen LogP) is 7.12. The third-order valence-electron chi connectivity index (χ3n) is 5.72. The largest absolute Gasteiger partial charge is 0.497 e. The quantitative estimate of drug-likeness (QED) is 0.319. The van der Waals surface area contributed by atoms with Gasteiger partial charge in [-0.05, 0) is 74.3 Å². The molecule has 0 bridgehead atoms. The van der Waals surface area contributed by atoms with E-state index in [0.29, 0.717) is 23.7 Å². The smallest absolute Gasteiger partial charge is 0.196 e. The summed E-state index contributed by atoms with van der Waals surface area (Å²) in [6, 6.07) is 10.4. The van der Waals surface area contributed by atoms with Crippen LogP contribution in [-0.4, -0.2) is 19.5 Å². The van der Waals surface area contributed by atoms with Gasteiger partial charge in [0.15, 0.2) is 5.78 Å². The van der Waals surface area contributed by atoms with Crippen molar-refractivity contribution in [3.05, 3.63) is 77.6 Å². The molecule has 0 aromatic heterocycles. The molecule has 0 spiro atoms. The maximum atomic E-state index is 15.2. The van der Waals surface area contributed by atoms with Crippen molar-refractivity contribution in [2.24, 2.45) is 0 Å². The van der Waals surface area contributed by atoms with E-state index in [1.165, 1.54) is 6.07 Å². The van der Waals surface area contributed by atoms with E-state index in [1.807, 2.05) is 43.3 Å². The van der Waals surface area contributed by atoms with Gasteiger partial charge in [-0.2, -0.15) is 0 Å². The van der Waals surface area contributed by atoms with E-state index in [1.54, 1.807) is 13.2 Å². The number of ether oxygens (including phenoxy) is 2. The first kappa shape index (κ1) is 22.8. The molecule has 1 aliphatic carbocycles. The molecule has 0 aliphatic heterocycles. The van der Waals surface area contributed by atoms with Crippen molar-refractivity contribution in [3.63, 3.8) is 0 Å². The van der Waals surface area contributed by atoms with Gasteiger partial charge in [-0.25, -0.2) is 4.39 Å². The first-order valence-corrected chi connectivity index (χ1v) is 11.1. The lowest BCUT2D eigenvalue weighted by Crippen LogP contribution is -2.17. The van der Waals surface area contributed by atoms with Crippen LogP contribution in [0.3, 0.4) is 0 Å². The van der Waals surface area contributed by atoms with Gasteiger partial charge in [-0.15, -0.1) is 6.58 Å². The molecule has 3 rings (SSSR count). The van der Waals surface area contributed by atoms with Crippen LogP contribution in [0.15, 0.2) is 55.1 Å². The standard InChI is InChI=1S/C27H31FO3/c1-4-6-7-9-20-10-8-11-22(19-12-14-21(30-3)15-13-19)27(29)26-23(28)16-17-24(25(20)26)31-18-5-2/h4,11-17,20H,1,5-10,18H2,2-3H3. The molecule has 0 saturated heterocycles. The Balaban J connectivity index is 2.09. The zero-order chi connectivity index (χ0) is 22.2. The van der Waals surface area contributed by atoms with Crippen LogP contribution in [-0.2, 0) is 0 Å². The molecule has 1 atom stereocenters. The lowest BCUT2D eigenvalue weighted by Gasteiger charge is -2.26. The van der Waals surface area contributed by atoms with E-state index in [4.69, 9.17) is 9.47 Å². The van der Waals surface area contributed by atoms with Crippen LogP contribution >= 0.6 is 0 Å². The number of hydrogen-bond donors (Lipinski definition) is 0. The summed E-state index contributed by atoms with van der Waals surface area (Å²) in [6.07, 6.45) is 8.98. The third-order valence-corrected chi connectivity index (χ3v) is 5.72. The average molecular weight is 423 g/mol. The number of allylic oxidation sites excluding steroid dienone is 3. The summed E-state index contributed by atoms with van der Waals surface area (Å²) in [5, 5.41) is 0. The number of benzene rings is 2. The second kappa shape index (κ2) is 10.9. The SMILES string of the molecule is C=CCCCC1CCC=C(c2ccc(OC)cc2)C(=O)c2c(F)ccc(OCCC)c21. The highest BCUT2D eigenvalue weighted by atomic mass is 19.1. The molecule has 164 valence electrons. The van der Waals surface area contributed by atoms with Crippen molar-refractivity contribution in [1.82, 2.24) is 0 Å². The van der Waals surface area contributed by atoms with Gasteiger partial charge in [0.2, 0.25) is 0 Å². The van der Waals surface area contributed by atoms with Crippen molar-refractivity contribution < 1.29 is 18.7 Å². The van der Waals surface area contributed by atoms with Crippen LogP contribution in [0, 0.1) is 5.82 Å². The van der Waals surface area contributed by atoms with Gasteiger partial charge < -0.3 is 9.47 Å². The Morgan fingerprint density at radius 1 is 1.19 bits per heavy atom. The Morgan fingerprint density at radius 3 is 2.65 bits per heavy atom. The summed E-state index contributed by atoms with van der Waals surface area (Å²) in [7, 11) is 1.60. The minimum absolute atomic E-state index is 0.0649. The number of methoxy groups -OCH3 is 1. The minimum atomic E-state index is -0.487. The molecule has 0 N–H and O–H groups in total. The monoisotopic (exact) mass is 422 g/mol. The lowest BCUT2D eigenvalue weighted by molar-refractivity contribution is 0.105. The van der Waals surface area contributed by atoms with Crippen molar-refractivity contribution in [2.75, 3.05) is 13.7 Å². The fourth-order valence-electron chi connectivity index (χ4n) is 4.17. The molecule has 3 nitrogen and oxygen atoms in total.